The van der Waals surface area contributed by atoms with Crippen LogP contribution >= 0.6 is 23.2 Å². The molecule has 0 saturated carbocycles. The zero-order valence-electron chi connectivity index (χ0n) is 16.8. The molecule has 1 saturated heterocycles. The van der Waals surface area contributed by atoms with Crippen LogP contribution in [0.5, 0.6) is 0 Å². The Morgan fingerprint density at radius 1 is 1.16 bits per heavy atom. The first kappa shape index (κ1) is 24.4. The summed E-state index contributed by atoms with van der Waals surface area (Å²) in [5, 5.41) is 22.8. The summed E-state index contributed by atoms with van der Waals surface area (Å²) in [5.74, 6) is -0.340. The van der Waals surface area contributed by atoms with Gasteiger partial charge in [-0.1, -0.05) is 41.4 Å². The highest BCUT2D eigenvalue weighted by atomic mass is 35.5. The molecule has 2 atom stereocenters. The third-order valence-electron chi connectivity index (χ3n) is 5.52. The highest BCUT2D eigenvalue weighted by molar-refractivity contribution is 7.89. The van der Waals surface area contributed by atoms with Crippen LogP contribution in [0.1, 0.15) is 31.2 Å². The van der Waals surface area contributed by atoms with Crippen molar-refractivity contribution in [2.45, 2.75) is 48.6 Å². The fourth-order valence-corrected chi connectivity index (χ4v) is 6.10. The molecule has 0 radical (unpaired) electrons. The van der Waals surface area contributed by atoms with Crippen LogP contribution < -0.4 is 4.72 Å². The Labute approximate surface area is 191 Å². The Hall–Kier alpha value is -1.26. The van der Waals surface area contributed by atoms with Gasteiger partial charge in [-0.05, 0) is 61.9 Å². The molecule has 10 heteroatoms. The van der Waals surface area contributed by atoms with Gasteiger partial charge in [-0.2, -0.15) is 5.06 Å². The number of hydroxylamine groups is 2. The van der Waals surface area contributed by atoms with Gasteiger partial charge < -0.3 is 10.3 Å². The molecule has 31 heavy (non-hydrogen) atoms. The van der Waals surface area contributed by atoms with Crippen LogP contribution in [0.4, 0.5) is 4.39 Å². The van der Waals surface area contributed by atoms with Crippen molar-refractivity contribution in [3.05, 3.63) is 63.9 Å². The molecule has 0 amide bonds. The van der Waals surface area contributed by atoms with E-state index >= 15 is 0 Å². The Bertz CT molecular complexity index is 987. The Kier molecular flexibility index (Phi) is 7.96. The number of hydrogen-bond donors (Lipinski definition) is 3. The summed E-state index contributed by atoms with van der Waals surface area (Å²) in [6, 6.07) is 10.1. The van der Waals surface area contributed by atoms with Gasteiger partial charge in [0.15, 0.2) is 0 Å². The predicted octanol–water partition coefficient (Wildman–Crippen LogP) is 4.02. The van der Waals surface area contributed by atoms with Crippen molar-refractivity contribution in [1.29, 1.82) is 0 Å². The number of nitrogens with one attached hydrogen (secondary N) is 1. The van der Waals surface area contributed by atoms with Crippen molar-refractivity contribution >= 4 is 33.2 Å². The second kappa shape index (κ2) is 10.1. The van der Waals surface area contributed by atoms with Crippen molar-refractivity contribution in [1.82, 2.24) is 9.79 Å². The monoisotopic (exact) mass is 490 g/mol. The first-order valence-corrected chi connectivity index (χ1v) is 12.2. The highest BCUT2D eigenvalue weighted by Gasteiger charge is 2.36. The van der Waals surface area contributed by atoms with Crippen molar-refractivity contribution in [2.24, 2.45) is 0 Å². The summed E-state index contributed by atoms with van der Waals surface area (Å²) in [6.07, 6.45) is 1.80. The van der Waals surface area contributed by atoms with Crippen LogP contribution in [-0.4, -0.2) is 48.5 Å². The van der Waals surface area contributed by atoms with E-state index in [1.807, 2.05) is 0 Å². The van der Waals surface area contributed by atoms with Gasteiger partial charge in [0, 0.05) is 19.1 Å². The summed E-state index contributed by atoms with van der Waals surface area (Å²) in [5.41, 5.74) is -0.335. The van der Waals surface area contributed by atoms with Gasteiger partial charge in [0.25, 0.3) is 0 Å². The molecule has 3 N–H and O–H groups in total. The average Bonchev–Trinajstić information content (AvgIpc) is 2.81. The summed E-state index contributed by atoms with van der Waals surface area (Å²) >= 11 is 12.0. The lowest BCUT2D eigenvalue weighted by atomic mass is 9.86. The van der Waals surface area contributed by atoms with Gasteiger partial charge in [0.05, 0.1) is 15.6 Å². The minimum absolute atomic E-state index is 0.0171. The lowest BCUT2D eigenvalue weighted by Gasteiger charge is -2.31. The van der Waals surface area contributed by atoms with Gasteiger partial charge in [-0.25, -0.2) is 17.5 Å². The largest absolute Gasteiger partial charge is 0.390 e. The van der Waals surface area contributed by atoms with Crippen molar-refractivity contribution in [3.63, 3.8) is 0 Å². The lowest BCUT2D eigenvalue weighted by Crippen LogP contribution is -2.41. The summed E-state index contributed by atoms with van der Waals surface area (Å²) in [7, 11) is -3.96. The van der Waals surface area contributed by atoms with Crippen LogP contribution in [0, 0.1) is 5.82 Å². The fraction of sp³-hybridized carbons (Fsp3) is 0.429. The third kappa shape index (κ3) is 6.38. The van der Waals surface area contributed by atoms with E-state index in [1.54, 1.807) is 18.2 Å². The van der Waals surface area contributed by atoms with E-state index in [0.29, 0.717) is 25.8 Å². The van der Waals surface area contributed by atoms with Gasteiger partial charge in [-0.3, -0.25) is 0 Å². The van der Waals surface area contributed by atoms with Crippen LogP contribution in [-0.2, 0) is 16.4 Å². The normalized spacial score (nSPS) is 22.9. The van der Waals surface area contributed by atoms with Gasteiger partial charge in [0.2, 0.25) is 10.0 Å². The number of aliphatic hydroxyl groups is 1. The summed E-state index contributed by atoms with van der Waals surface area (Å²) in [4.78, 5) is -0.193. The van der Waals surface area contributed by atoms with E-state index < -0.39 is 15.6 Å². The van der Waals surface area contributed by atoms with E-state index in [9.17, 15) is 23.1 Å². The molecule has 1 heterocycles. The molecule has 0 aliphatic carbocycles. The van der Waals surface area contributed by atoms with E-state index in [2.05, 4.69) is 4.72 Å². The van der Waals surface area contributed by atoms with E-state index in [-0.39, 0.29) is 46.2 Å². The van der Waals surface area contributed by atoms with Crippen LogP contribution in [0.3, 0.4) is 0 Å². The number of rotatable bonds is 7. The molecule has 0 bridgehead atoms. The maximum Gasteiger partial charge on any atom is 0.243 e. The second-order valence-corrected chi connectivity index (χ2v) is 10.4. The highest BCUT2D eigenvalue weighted by Crippen LogP contribution is 2.31. The molecule has 1 aliphatic rings. The SMILES string of the molecule is O=S(=O)(NCCC1(O)CCCN(O)C(Cc2ccc(F)cc2)C1)c1c(Cl)cccc1Cl. The zero-order valence-corrected chi connectivity index (χ0v) is 19.1. The molecule has 1 fully saturated rings. The smallest absolute Gasteiger partial charge is 0.243 e. The molecule has 2 aromatic carbocycles. The van der Waals surface area contributed by atoms with Gasteiger partial charge >= 0.3 is 0 Å². The van der Waals surface area contributed by atoms with Gasteiger partial charge in [-0.15, -0.1) is 0 Å². The Morgan fingerprint density at radius 2 is 1.81 bits per heavy atom. The summed E-state index contributed by atoms with van der Waals surface area (Å²) in [6.45, 7) is 0.365. The van der Waals surface area contributed by atoms with E-state index in [0.717, 1.165) is 5.56 Å². The van der Waals surface area contributed by atoms with Crippen molar-refractivity contribution < 1.29 is 23.1 Å². The second-order valence-electron chi connectivity index (χ2n) is 7.88. The number of benzene rings is 2. The molecular formula is C21H25Cl2FN2O4S. The quantitative estimate of drug-likeness (QED) is 0.545. The standard InChI is InChI=1S/C21H25Cl2FN2O4S/c22-18-3-1-4-19(23)20(18)31(29,30)25-11-10-21(27)9-2-12-26(28)17(14-21)13-15-5-7-16(24)8-6-15/h1,3-8,17,25,27-28H,2,9-14H2. The maximum absolute atomic E-state index is 13.2. The fourth-order valence-electron chi connectivity index (χ4n) is 3.93. The average molecular weight is 491 g/mol. The number of nitrogens with zero attached hydrogens (tertiary/aromatic N) is 1. The molecule has 170 valence electrons. The third-order valence-corrected chi connectivity index (χ3v) is 7.94. The number of halogens is 3. The summed E-state index contributed by atoms with van der Waals surface area (Å²) < 4.78 is 40.9. The topological polar surface area (TPSA) is 89.9 Å². The van der Waals surface area contributed by atoms with E-state index in [1.165, 1.54) is 29.3 Å². The van der Waals surface area contributed by atoms with Crippen molar-refractivity contribution in [3.8, 4) is 0 Å². The molecule has 0 aromatic heterocycles. The van der Waals surface area contributed by atoms with Crippen LogP contribution in [0.2, 0.25) is 10.0 Å². The van der Waals surface area contributed by atoms with Crippen LogP contribution in [0.15, 0.2) is 47.4 Å². The maximum atomic E-state index is 13.2. The first-order chi connectivity index (χ1) is 14.6. The Balaban J connectivity index is 1.66. The minimum atomic E-state index is -3.96. The molecule has 2 unspecified atom stereocenters. The van der Waals surface area contributed by atoms with Gasteiger partial charge in [0.1, 0.15) is 10.7 Å². The lowest BCUT2D eigenvalue weighted by molar-refractivity contribution is -0.132. The zero-order chi connectivity index (χ0) is 22.6. The molecule has 1 aliphatic heterocycles. The molecule has 3 rings (SSSR count). The molecule has 6 nitrogen and oxygen atoms in total. The minimum Gasteiger partial charge on any atom is -0.390 e. The van der Waals surface area contributed by atoms with Crippen LogP contribution in [0.25, 0.3) is 0 Å². The Morgan fingerprint density at radius 3 is 2.45 bits per heavy atom. The first-order valence-electron chi connectivity index (χ1n) is 9.96. The molecule has 2 aromatic rings. The number of sulfonamides is 1. The van der Waals surface area contributed by atoms with Crippen molar-refractivity contribution in [2.75, 3.05) is 13.1 Å². The predicted molar refractivity (Wildman–Crippen MR) is 117 cm³/mol. The molecule has 0 spiro atoms. The number of hydrogen-bond acceptors (Lipinski definition) is 5. The molecular weight excluding hydrogens is 466 g/mol. The van der Waals surface area contributed by atoms with E-state index in [4.69, 9.17) is 23.2 Å².